The van der Waals surface area contributed by atoms with Gasteiger partial charge in [0, 0.05) is 18.2 Å². The van der Waals surface area contributed by atoms with Gasteiger partial charge in [0.05, 0.1) is 22.2 Å². The number of nitrogens with one attached hydrogen (secondary N) is 1. The van der Waals surface area contributed by atoms with Gasteiger partial charge in [-0.3, -0.25) is 14.5 Å². The number of amides is 2. The van der Waals surface area contributed by atoms with Gasteiger partial charge in [0.25, 0.3) is 0 Å². The molecule has 0 bridgehead atoms. The number of aryl methyl sites for hydroxylation is 2. The van der Waals surface area contributed by atoms with Gasteiger partial charge in [-0.2, -0.15) is 0 Å². The Morgan fingerprint density at radius 1 is 1.07 bits per heavy atom. The molecule has 43 heavy (non-hydrogen) atoms. The minimum absolute atomic E-state index is 0.0380. The molecule has 0 saturated carbocycles. The summed E-state index contributed by atoms with van der Waals surface area (Å²) in [7, 11) is 0. The number of carbonyl (C=O) groups is 2. The number of nitrogens with zero attached hydrogens (tertiary/aromatic N) is 4. The van der Waals surface area contributed by atoms with Gasteiger partial charge in [0.1, 0.15) is 12.1 Å². The van der Waals surface area contributed by atoms with Crippen molar-refractivity contribution >= 4 is 29.3 Å². The zero-order valence-electron chi connectivity index (χ0n) is 23.2. The molecule has 1 aliphatic rings. The number of ether oxygens (including phenoxy) is 1. The normalized spacial score (nSPS) is 14.4. The zero-order chi connectivity index (χ0) is 30.4. The van der Waals surface area contributed by atoms with Crippen LogP contribution < -0.4 is 15.0 Å². The first-order valence-corrected chi connectivity index (χ1v) is 14.6. The van der Waals surface area contributed by atoms with Gasteiger partial charge in [0.2, 0.25) is 11.8 Å². The smallest absolute Gasteiger partial charge is 0.406 e. The summed E-state index contributed by atoms with van der Waals surface area (Å²) in [5.41, 5.74) is 4.28. The largest absolute Gasteiger partial charge is 0.573 e. The molecule has 5 rings (SSSR count). The first-order chi connectivity index (χ1) is 20.7. The van der Waals surface area contributed by atoms with Crippen LogP contribution in [0.5, 0.6) is 5.75 Å². The highest BCUT2D eigenvalue weighted by Gasteiger charge is 2.31. The van der Waals surface area contributed by atoms with Crippen LogP contribution in [0.2, 0.25) is 0 Å². The monoisotopic (exact) mass is 607 g/mol. The van der Waals surface area contributed by atoms with Crippen molar-refractivity contribution in [2.75, 3.05) is 17.2 Å². The molecule has 1 saturated heterocycles. The fourth-order valence-electron chi connectivity index (χ4n) is 4.58. The van der Waals surface area contributed by atoms with E-state index in [1.54, 1.807) is 4.90 Å². The molecule has 3 aromatic carbocycles. The molecule has 12 heteroatoms. The third kappa shape index (κ3) is 7.63. The maximum absolute atomic E-state index is 12.6. The molecule has 4 aromatic rings. The van der Waals surface area contributed by atoms with Crippen molar-refractivity contribution in [2.45, 2.75) is 32.5 Å². The number of thioether (sulfide) groups is 1. The van der Waals surface area contributed by atoms with Gasteiger partial charge in [-0.1, -0.05) is 61.2 Å². The Labute approximate surface area is 250 Å². The predicted octanol–water partition coefficient (Wildman–Crippen LogP) is 6.07. The second-order valence-electron chi connectivity index (χ2n) is 9.63. The van der Waals surface area contributed by atoms with Crippen LogP contribution in [0.3, 0.4) is 0 Å². The van der Waals surface area contributed by atoms with E-state index < -0.39 is 6.36 Å². The van der Waals surface area contributed by atoms with Crippen molar-refractivity contribution in [1.82, 2.24) is 20.1 Å². The van der Waals surface area contributed by atoms with Crippen molar-refractivity contribution in [3.63, 3.8) is 0 Å². The number of carbonyl (C=O) groups excluding carboxylic acids is 2. The molecule has 0 radical (unpaired) electrons. The first-order valence-electron chi connectivity index (χ1n) is 13.6. The van der Waals surface area contributed by atoms with E-state index >= 15 is 0 Å². The minimum Gasteiger partial charge on any atom is -0.406 e. The summed E-state index contributed by atoms with van der Waals surface area (Å²) in [6.07, 6.45) is 0.488. The van der Waals surface area contributed by atoms with Crippen LogP contribution in [0.25, 0.3) is 17.1 Å². The summed E-state index contributed by atoms with van der Waals surface area (Å²) in [5, 5.41) is 7.96. The summed E-state index contributed by atoms with van der Waals surface area (Å²) in [5.74, 6) is 0.186. The van der Waals surface area contributed by atoms with Gasteiger partial charge >= 0.3 is 6.36 Å². The lowest BCUT2D eigenvalue weighted by molar-refractivity contribution is -0.274. The molecule has 1 aliphatic heterocycles. The number of hydrogen-bond donors (Lipinski definition) is 1. The van der Waals surface area contributed by atoms with Crippen molar-refractivity contribution in [1.29, 1.82) is 0 Å². The van der Waals surface area contributed by atoms with Gasteiger partial charge < -0.3 is 10.1 Å². The molecular weight excluding hydrogens is 579 g/mol. The molecule has 1 aromatic heterocycles. The fourth-order valence-corrected chi connectivity index (χ4v) is 5.50. The molecule has 8 nitrogen and oxygen atoms in total. The van der Waals surface area contributed by atoms with Gasteiger partial charge in [-0.25, -0.2) is 9.67 Å². The van der Waals surface area contributed by atoms with Gasteiger partial charge in [-0.05, 0) is 60.7 Å². The first kappa shape index (κ1) is 29.9. The standard InChI is InChI=1S/C31H28F3N5O3S/c1-2-22-7-3-4-8-26(22)39-28(41)19-43-29(39)18-27(40)35-17-5-6-21-9-11-23(12-10-21)30-36-20-38(37-30)24-13-15-25(16-14-24)42-31(32,33)34/h3-4,7-16,18,20H,2,5-6,17,19H2,1H3,(H,35,40)/b29-18-. The van der Waals surface area contributed by atoms with E-state index in [1.165, 1.54) is 53.1 Å². The molecule has 0 unspecified atom stereocenters. The van der Waals surface area contributed by atoms with Crippen LogP contribution in [-0.4, -0.2) is 45.2 Å². The second-order valence-corrected chi connectivity index (χ2v) is 10.6. The summed E-state index contributed by atoms with van der Waals surface area (Å²) < 4.78 is 42.5. The van der Waals surface area contributed by atoms with E-state index in [1.807, 2.05) is 55.5 Å². The quantitative estimate of drug-likeness (QED) is 0.174. The average Bonchev–Trinajstić information content (AvgIpc) is 3.62. The van der Waals surface area contributed by atoms with E-state index in [0.717, 1.165) is 41.6 Å². The highest BCUT2D eigenvalue weighted by Crippen LogP contribution is 2.35. The van der Waals surface area contributed by atoms with E-state index in [4.69, 9.17) is 0 Å². The van der Waals surface area contributed by atoms with Crippen molar-refractivity contribution < 1.29 is 27.5 Å². The number of aromatic nitrogens is 3. The molecule has 2 heterocycles. The molecule has 0 spiro atoms. The number of rotatable bonds is 10. The van der Waals surface area contributed by atoms with Gasteiger partial charge in [-0.15, -0.1) is 18.3 Å². The molecule has 1 fully saturated rings. The number of alkyl halides is 3. The third-order valence-electron chi connectivity index (χ3n) is 6.66. The number of halogens is 3. The van der Waals surface area contributed by atoms with E-state index in [-0.39, 0.29) is 17.6 Å². The third-order valence-corrected chi connectivity index (χ3v) is 7.65. The maximum Gasteiger partial charge on any atom is 0.573 e. The molecule has 2 amide bonds. The van der Waals surface area contributed by atoms with Crippen molar-refractivity contribution in [3.05, 3.63) is 101 Å². The van der Waals surface area contributed by atoms with Crippen LogP contribution in [0.1, 0.15) is 24.5 Å². The number of anilines is 1. The summed E-state index contributed by atoms with van der Waals surface area (Å²) >= 11 is 1.36. The number of para-hydroxylation sites is 1. The Kier molecular flexibility index (Phi) is 9.15. The van der Waals surface area contributed by atoms with E-state index in [9.17, 15) is 22.8 Å². The Bertz CT molecular complexity index is 1620. The maximum atomic E-state index is 12.6. The fraction of sp³-hybridized carbons (Fsp3) is 0.226. The average molecular weight is 608 g/mol. The lowest BCUT2D eigenvalue weighted by Crippen LogP contribution is -2.27. The van der Waals surface area contributed by atoms with Crippen LogP contribution in [-0.2, 0) is 22.4 Å². The topological polar surface area (TPSA) is 89.4 Å². The van der Waals surface area contributed by atoms with Gasteiger partial charge in [0.15, 0.2) is 5.82 Å². The van der Waals surface area contributed by atoms with Crippen LogP contribution in [0.4, 0.5) is 18.9 Å². The van der Waals surface area contributed by atoms with Crippen molar-refractivity contribution in [2.24, 2.45) is 0 Å². The summed E-state index contributed by atoms with van der Waals surface area (Å²) in [6, 6.07) is 20.8. The zero-order valence-corrected chi connectivity index (χ0v) is 24.0. The Morgan fingerprint density at radius 3 is 2.53 bits per heavy atom. The van der Waals surface area contributed by atoms with Crippen molar-refractivity contribution in [3.8, 4) is 22.8 Å². The second kappa shape index (κ2) is 13.2. The Morgan fingerprint density at radius 2 is 1.81 bits per heavy atom. The highest BCUT2D eigenvalue weighted by atomic mass is 32.2. The summed E-state index contributed by atoms with van der Waals surface area (Å²) in [6.45, 7) is 2.51. The van der Waals surface area contributed by atoms with Crippen LogP contribution >= 0.6 is 11.8 Å². The Hall–Kier alpha value is -4.58. The summed E-state index contributed by atoms with van der Waals surface area (Å²) in [4.78, 5) is 31.1. The van der Waals surface area contributed by atoms with Crippen LogP contribution in [0, 0.1) is 0 Å². The SMILES string of the molecule is CCc1ccccc1N1C(=O)CS/C1=C\C(=O)NCCCc1ccc(-c2ncn(-c3ccc(OC(F)(F)F)cc3)n2)cc1. The highest BCUT2D eigenvalue weighted by molar-refractivity contribution is 8.04. The number of benzene rings is 3. The molecule has 1 N–H and O–H groups in total. The molecule has 0 atom stereocenters. The minimum atomic E-state index is -4.75. The molecular formula is C31H28F3N5O3S. The molecule has 0 aliphatic carbocycles. The molecule has 222 valence electrons. The Balaban J connectivity index is 1.12. The van der Waals surface area contributed by atoms with Crippen LogP contribution in [0.15, 0.2) is 90.2 Å². The van der Waals surface area contributed by atoms with E-state index in [0.29, 0.717) is 28.8 Å². The predicted molar refractivity (Wildman–Crippen MR) is 159 cm³/mol. The lowest BCUT2D eigenvalue weighted by atomic mass is 10.1. The lowest BCUT2D eigenvalue weighted by Gasteiger charge is -2.20. The van der Waals surface area contributed by atoms with E-state index in [2.05, 4.69) is 20.1 Å². The number of hydrogen-bond acceptors (Lipinski definition) is 6.